The van der Waals surface area contributed by atoms with Gasteiger partial charge in [-0.05, 0) is 25.7 Å². The largest absolute Gasteiger partial charge is 0.313 e. The highest BCUT2D eigenvalue weighted by molar-refractivity contribution is 9.09. The van der Waals surface area contributed by atoms with Crippen LogP contribution in [0.1, 0.15) is 44.5 Å². The molecule has 6 heteroatoms. The Labute approximate surface area is 116 Å². The van der Waals surface area contributed by atoms with Gasteiger partial charge in [-0.1, -0.05) is 36.2 Å². The maximum atomic E-state index is 11.1. The van der Waals surface area contributed by atoms with E-state index in [0.29, 0.717) is 18.5 Å². The highest BCUT2D eigenvalue weighted by Crippen LogP contribution is 2.25. The van der Waals surface area contributed by atoms with E-state index in [1.807, 2.05) is 18.5 Å². The lowest BCUT2D eigenvalue weighted by Crippen LogP contribution is -2.05. The Bertz CT molecular complexity index is 404. The first-order valence-corrected chi connectivity index (χ1v) is 7.56. The summed E-state index contributed by atoms with van der Waals surface area (Å²) in [6, 6.07) is 0. The lowest BCUT2D eigenvalue weighted by Gasteiger charge is -2.04. The van der Waals surface area contributed by atoms with Crippen LogP contribution in [0.3, 0.4) is 0 Å². The van der Waals surface area contributed by atoms with Crippen LogP contribution in [-0.4, -0.2) is 20.0 Å². The lowest BCUT2D eigenvalue weighted by atomic mass is 10.2. The molecule has 1 heterocycles. The van der Waals surface area contributed by atoms with E-state index in [4.69, 9.17) is 0 Å². The second kappa shape index (κ2) is 7.51. The van der Waals surface area contributed by atoms with E-state index in [1.54, 1.807) is 0 Å². The number of unbranched alkanes of at least 4 members (excludes halogenated alkanes) is 2. The highest BCUT2D eigenvalue weighted by atomic mass is 79.9. The molecule has 0 radical (unpaired) electrons. The molecule has 0 atom stereocenters. The fraction of sp³-hybridized carbons (Fsp3) is 0.750. The third-order valence-electron chi connectivity index (χ3n) is 2.96. The fourth-order valence-corrected chi connectivity index (χ4v) is 2.46. The summed E-state index contributed by atoms with van der Waals surface area (Å²) in [4.78, 5) is 10.8. The molecule has 102 valence electrons. The molecule has 1 aromatic rings. The monoisotopic (exact) mass is 317 g/mol. The number of aromatic nitrogens is 2. The minimum absolute atomic E-state index is 0.223. The van der Waals surface area contributed by atoms with E-state index < -0.39 is 0 Å². The van der Waals surface area contributed by atoms with Crippen LogP contribution in [-0.2, 0) is 19.4 Å². The zero-order valence-corrected chi connectivity index (χ0v) is 12.6. The summed E-state index contributed by atoms with van der Waals surface area (Å²) in [6.07, 6.45) is 4.52. The molecule has 0 aliphatic carbocycles. The third kappa shape index (κ3) is 3.54. The van der Waals surface area contributed by atoms with Crippen LogP contribution in [0.2, 0.25) is 0 Å². The molecule has 0 N–H and O–H groups in total. The number of aryl methyl sites for hydroxylation is 2. The predicted molar refractivity (Wildman–Crippen MR) is 75.3 cm³/mol. The summed E-state index contributed by atoms with van der Waals surface area (Å²) < 4.78 is 1.82. The van der Waals surface area contributed by atoms with Crippen LogP contribution in [0.5, 0.6) is 0 Å². The van der Waals surface area contributed by atoms with Gasteiger partial charge in [0.25, 0.3) is 0 Å². The molecule has 5 nitrogen and oxygen atoms in total. The number of rotatable bonds is 8. The van der Waals surface area contributed by atoms with Crippen LogP contribution in [0.4, 0.5) is 5.69 Å². The van der Waals surface area contributed by atoms with E-state index in [1.165, 1.54) is 0 Å². The average molecular weight is 318 g/mol. The van der Waals surface area contributed by atoms with Gasteiger partial charge in [-0.15, -0.1) is 0 Å². The van der Waals surface area contributed by atoms with Crippen molar-refractivity contribution < 1.29 is 4.92 Å². The maximum Gasteiger partial charge on any atom is 0.313 e. The minimum atomic E-state index is -0.292. The van der Waals surface area contributed by atoms with Gasteiger partial charge < -0.3 is 0 Å². The Balaban J connectivity index is 2.87. The van der Waals surface area contributed by atoms with Gasteiger partial charge in [0.2, 0.25) is 0 Å². The third-order valence-corrected chi connectivity index (χ3v) is 3.52. The summed E-state index contributed by atoms with van der Waals surface area (Å²) in [6.45, 7) is 4.62. The minimum Gasteiger partial charge on any atom is -0.262 e. The second-order valence-corrected chi connectivity index (χ2v) is 4.97. The number of halogens is 1. The summed E-state index contributed by atoms with van der Waals surface area (Å²) in [5.74, 6) is 0. The second-order valence-electron chi connectivity index (χ2n) is 4.18. The Kier molecular flexibility index (Phi) is 6.32. The van der Waals surface area contributed by atoms with Gasteiger partial charge in [-0.2, -0.15) is 5.10 Å². The van der Waals surface area contributed by atoms with Crippen molar-refractivity contribution in [3.63, 3.8) is 0 Å². The molecule has 0 amide bonds. The molecule has 0 aromatic carbocycles. The van der Waals surface area contributed by atoms with Crippen molar-refractivity contribution in [2.75, 3.05) is 5.33 Å². The first kappa shape index (κ1) is 15.1. The number of nitrogens with zero attached hydrogens (tertiary/aromatic N) is 3. The lowest BCUT2D eigenvalue weighted by molar-refractivity contribution is -0.386. The van der Waals surface area contributed by atoms with E-state index in [-0.39, 0.29) is 10.6 Å². The first-order chi connectivity index (χ1) is 8.65. The normalized spacial score (nSPS) is 10.8. The van der Waals surface area contributed by atoms with E-state index in [0.717, 1.165) is 36.8 Å². The van der Waals surface area contributed by atoms with Crippen molar-refractivity contribution in [2.45, 2.75) is 52.5 Å². The van der Waals surface area contributed by atoms with Gasteiger partial charge >= 0.3 is 5.69 Å². The summed E-state index contributed by atoms with van der Waals surface area (Å²) in [5, 5.41) is 16.5. The van der Waals surface area contributed by atoms with Gasteiger partial charge in [0, 0.05) is 11.9 Å². The fourth-order valence-electron chi connectivity index (χ4n) is 2.06. The van der Waals surface area contributed by atoms with Gasteiger partial charge in [-0.3, -0.25) is 14.8 Å². The van der Waals surface area contributed by atoms with Crippen LogP contribution in [0.15, 0.2) is 0 Å². The van der Waals surface area contributed by atoms with Crippen LogP contribution in [0, 0.1) is 10.1 Å². The Morgan fingerprint density at radius 3 is 2.50 bits per heavy atom. The summed E-state index contributed by atoms with van der Waals surface area (Å²) >= 11 is 3.40. The van der Waals surface area contributed by atoms with E-state index in [9.17, 15) is 10.1 Å². The van der Waals surface area contributed by atoms with Crippen LogP contribution in [0.25, 0.3) is 0 Å². The van der Waals surface area contributed by atoms with Crippen LogP contribution < -0.4 is 0 Å². The predicted octanol–water partition coefficient (Wildman–Crippen LogP) is 3.48. The quantitative estimate of drug-likeness (QED) is 0.319. The number of alkyl halides is 1. The van der Waals surface area contributed by atoms with Gasteiger partial charge in [0.05, 0.1) is 4.92 Å². The zero-order chi connectivity index (χ0) is 13.5. The van der Waals surface area contributed by atoms with E-state index in [2.05, 4.69) is 21.0 Å². The molecule has 1 aromatic heterocycles. The number of nitro groups is 1. The van der Waals surface area contributed by atoms with Gasteiger partial charge in [0.15, 0.2) is 0 Å². The summed E-state index contributed by atoms with van der Waals surface area (Å²) in [5.41, 5.74) is 1.59. The molecule has 0 aliphatic rings. The molecular formula is C12H20BrN3O2. The van der Waals surface area contributed by atoms with Crippen molar-refractivity contribution in [3.05, 3.63) is 21.5 Å². The molecule has 1 rings (SSSR count). The van der Waals surface area contributed by atoms with Gasteiger partial charge in [0.1, 0.15) is 11.4 Å². The topological polar surface area (TPSA) is 61.0 Å². The van der Waals surface area contributed by atoms with Crippen molar-refractivity contribution in [3.8, 4) is 0 Å². The van der Waals surface area contributed by atoms with Crippen molar-refractivity contribution >= 4 is 21.6 Å². The van der Waals surface area contributed by atoms with Crippen molar-refractivity contribution in [2.24, 2.45) is 0 Å². The molecule has 0 aliphatic heterocycles. The standard InChI is InChI=1S/C12H20BrN3O2/c1-3-10-12(16(17)18)11(4-2)15(14-10)9-7-5-6-8-13/h3-9H2,1-2H3. The van der Waals surface area contributed by atoms with Gasteiger partial charge in [-0.25, -0.2) is 0 Å². The number of hydrogen-bond donors (Lipinski definition) is 0. The molecule has 0 spiro atoms. The molecular weight excluding hydrogens is 298 g/mol. The first-order valence-electron chi connectivity index (χ1n) is 6.44. The number of hydrogen-bond acceptors (Lipinski definition) is 3. The smallest absolute Gasteiger partial charge is 0.262 e. The maximum absolute atomic E-state index is 11.1. The molecule has 0 unspecified atom stereocenters. The molecule has 0 bridgehead atoms. The Morgan fingerprint density at radius 1 is 1.28 bits per heavy atom. The van der Waals surface area contributed by atoms with Crippen molar-refractivity contribution in [1.82, 2.24) is 9.78 Å². The van der Waals surface area contributed by atoms with Crippen molar-refractivity contribution in [1.29, 1.82) is 0 Å². The zero-order valence-electron chi connectivity index (χ0n) is 11.0. The molecule has 18 heavy (non-hydrogen) atoms. The highest BCUT2D eigenvalue weighted by Gasteiger charge is 2.24. The Morgan fingerprint density at radius 2 is 2.00 bits per heavy atom. The SMILES string of the molecule is CCc1nn(CCCCCBr)c(CC)c1[N+](=O)[O-]. The van der Waals surface area contributed by atoms with E-state index >= 15 is 0 Å². The molecule has 0 saturated heterocycles. The van der Waals surface area contributed by atoms with Crippen LogP contribution >= 0.6 is 15.9 Å². The summed E-state index contributed by atoms with van der Waals surface area (Å²) in [7, 11) is 0. The molecule has 0 fully saturated rings. The Hall–Kier alpha value is -0.910. The molecule has 0 saturated carbocycles. The average Bonchev–Trinajstić information content (AvgIpc) is 2.72.